The fourth-order valence-corrected chi connectivity index (χ4v) is 6.90. The number of amidine groups is 2. The molecule has 0 radical (unpaired) electrons. The zero-order valence-corrected chi connectivity index (χ0v) is 34.0. The molecule has 1 amide bonds. The lowest BCUT2D eigenvalue weighted by Crippen LogP contribution is -2.33. The minimum Gasteiger partial charge on any atom is -0.493 e. The molecule has 0 spiro atoms. The second-order valence-corrected chi connectivity index (χ2v) is 13.7. The van der Waals surface area contributed by atoms with Crippen molar-refractivity contribution in [3.8, 4) is 22.9 Å². The normalized spacial score (nSPS) is 11.9. The van der Waals surface area contributed by atoms with Crippen molar-refractivity contribution in [1.82, 2.24) is 19.8 Å². The molecule has 6 aromatic carbocycles. The minimum atomic E-state index is -4.45. The standard InChI is InChI=1S/C24H26N6O2.C23H16F3N3O/c1-3-32-22-14-7-5-12-20(22)24(27-21-13-6-4-9-17(21)2)30(16-31)19-11-8-10-18(15-19)23(28-25)29-26;1-2-30-20-10-6-4-8-16(20)22-27-17-9-5-3-7-15(17)21-28-18-12-11-14(23(24,25)26)13-19(18)29(21)22/h4-16H,3,25-26H2,1-2H3,(H,28,29);3-13H,2H2,1H3. The van der Waals surface area contributed by atoms with Crippen LogP contribution < -0.4 is 31.5 Å². The summed E-state index contributed by atoms with van der Waals surface area (Å²) < 4.78 is 53.5. The van der Waals surface area contributed by atoms with E-state index in [9.17, 15) is 18.0 Å². The zero-order chi connectivity index (χ0) is 43.8. The first kappa shape index (κ1) is 42.3. The Labute approximate surface area is 354 Å². The van der Waals surface area contributed by atoms with Crippen LogP contribution in [0.25, 0.3) is 39.0 Å². The molecule has 12 nitrogen and oxygen atoms in total. The van der Waals surface area contributed by atoms with Crippen LogP contribution in [0.1, 0.15) is 36.1 Å². The number of hydrogen-bond acceptors (Lipinski definition) is 9. The number of hydrazone groups is 1. The molecular formula is C47H42F3N9O3. The number of aromatic nitrogens is 3. The van der Waals surface area contributed by atoms with Crippen LogP contribution in [0.2, 0.25) is 0 Å². The van der Waals surface area contributed by atoms with E-state index in [2.05, 4.69) is 15.5 Å². The molecule has 62 heavy (non-hydrogen) atoms. The van der Waals surface area contributed by atoms with Crippen LogP contribution in [0.4, 0.5) is 24.5 Å². The van der Waals surface area contributed by atoms with Gasteiger partial charge in [0.15, 0.2) is 17.5 Å². The van der Waals surface area contributed by atoms with Gasteiger partial charge in [-0.2, -0.15) is 18.3 Å². The molecule has 0 unspecified atom stereocenters. The number of fused-ring (bicyclic) bond motifs is 5. The number of nitrogens with one attached hydrogen (secondary N) is 1. The average molecular weight is 838 g/mol. The maximum Gasteiger partial charge on any atom is 0.416 e. The van der Waals surface area contributed by atoms with Gasteiger partial charge >= 0.3 is 6.18 Å². The number of para-hydroxylation sites is 4. The second kappa shape index (κ2) is 18.6. The van der Waals surface area contributed by atoms with E-state index in [0.717, 1.165) is 28.8 Å². The molecule has 0 aliphatic rings. The molecule has 0 bridgehead atoms. The molecule has 0 fully saturated rings. The molecule has 15 heteroatoms. The first-order valence-corrected chi connectivity index (χ1v) is 19.6. The van der Waals surface area contributed by atoms with E-state index in [1.54, 1.807) is 28.7 Å². The highest BCUT2D eigenvalue weighted by atomic mass is 19.4. The number of ether oxygens (including phenoxy) is 2. The van der Waals surface area contributed by atoms with Crippen molar-refractivity contribution in [2.75, 3.05) is 18.1 Å². The lowest BCUT2D eigenvalue weighted by atomic mass is 10.1. The maximum atomic E-state index is 13.4. The summed E-state index contributed by atoms with van der Waals surface area (Å²) >= 11 is 0. The molecule has 0 saturated heterocycles. The van der Waals surface area contributed by atoms with Gasteiger partial charge < -0.3 is 20.7 Å². The number of rotatable bonds is 10. The van der Waals surface area contributed by atoms with Crippen LogP contribution in [0.15, 0.2) is 150 Å². The fourth-order valence-electron chi connectivity index (χ4n) is 6.90. The first-order chi connectivity index (χ1) is 30.1. The van der Waals surface area contributed by atoms with Gasteiger partial charge in [0.05, 0.1) is 57.8 Å². The molecule has 2 aromatic heterocycles. The fraction of sp³-hybridized carbons (Fsp3) is 0.128. The van der Waals surface area contributed by atoms with E-state index in [4.69, 9.17) is 31.1 Å². The van der Waals surface area contributed by atoms with Gasteiger partial charge in [-0.15, -0.1) is 0 Å². The third-order valence-electron chi connectivity index (χ3n) is 9.76. The third-order valence-corrected chi connectivity index (χ3v) is 9.76. The van der Waals surface area contributed by atoms with E-state index in [1.807, 2.05) is 118 Å². The number of hydrazine groups is 1. The van der Waals surface area contributed by atoms with Crippen molar-refractivity contribution in [2.24, 2.45) is 21.8 Å². The highest BCUT2D eigenvalue weighted by Crippen LogP contribution is 2.37. The van der Waals surface area contributed by atoms with Crippen LogP contribution in [-0.4, -0.2) is 45.7 Å². The highest BCUT2D eigenvalue weighted by molar-refractivity contribution is 6.20. The van der Waals surface area contributed by atoms with Crippen LogP contribution in [0, 0.1) is 6.92 Å². The van der Waals surface area contributed by atoms with Crippen LogP contribution in [0.3, 0.4) is 0 Å². The number of aliphatic imine (C=N–C) groups is 1. The highest BCUT2D eigenvalue weighted by Gasteiger charge is 2.31. The number of anilines is 1. The van der Waals surface area contributed by atoms with Gasteiger partial charge in [-0.05, 0) is 99.1 Å². The van der Waals surface area contributed by atoms with E-state index in [-0.39, 0.29) is 5.84 Å². The number of halogens is 3. The Morgan fingerprint density at radius 2 is 1.50 bits per heavy atom. The summed E-state index contributed by atoms with van der Waals surface area (Å²) in [6.07, 6.45) is -3.74. The summed E-state index contributed by atoms with van der Waals surface area (Å²) in [4.78, 5) is 28.2. The number of hydrogen-bond donors (Lipinski definition) is 3. The van der Waals surface area contributed by atoms with Crippen molar-refractivity contribution < 1.29 is 27.4 Å². The second-order valence-electron chi connectivity index (χ2n) is 13.7. The molecule has 0 aliphatic carbocycles. The Hall–Kier alpha value is -7.78. The largest absolute Gasteiger partial charge is 0.493 e. The van der Waals surface area contributed by atoms with Crippen LogP contribution in [0.5, 0.6) is 11.5 Å². The zero-order valence-electron chi connectivity index (χ0n) is 34.0. The van der Waals surface area contributed by atoms with Crippen molar-refractivity contribution in [3.05, 3.63) is 162 Å². The molecule has 5 N–H and O–H groups in total. The number of carbonyl (C=O) groups excluding carboxylic acids is 1. The number of carbonyl (C=O) groups is 1. The van der Waals surface area contributed by atoms with Crippen molar-refractivity contribution in [1.29, 1.82) is 0 Å². The number of aryl methyl sites for hydroxylation is 1. The van der Waals surface area contributed by atoms with E-state index < -0.39 is 11.7 Å². The lowest BCUT2D eigenvalue weighted by molar-refractivity contribution is -0.137. The number of benzene rings is 6. The van der Waals surface area contributed by atoms with Gasteiger partial charge in [0.1, 0.15) is 17.1 Å². The Morgan fingerprint density at radius 1 is 0.806 bits per heavy atom. The topological polar surface area (TPSA) is 158 Å². The quantitative estimate of drug-likeness (QED) is 0.0404. The number of alkyl halides is 3. The van der Waals surface area contributed by atoms with Gasteiger partial charge in [0.25, 0.3) is 0 Å². The van der Waals surface area contributed by atoms with E-state index in [0.29, 0.717) is 87.4 Å². The summed E-state index contributed by atoms with van der Waals surface area (Å²) in [5.74, 6) is 13.3. The van der Waals surface area contributed by atoms with Gasteiger partial charge in [0, 0.05) is 10.9 Å². The van der Waals surface area contributed by atoms with Gasteiger partial charge in [-0.25, -0.2) is 20.8 Å². The Morgan fingerprint density at radius 3 is 2.23 bits per heavy atom. The SMILES string of the molecule is CCOc1ccccc1-c1nc2ccccc2c2nc3ccc(C(F)(F)F)cc3n12.CCOc1ccccc1C(=Nc1ccccc1C)N(C=O)c1cccc(/C(=N/N)NN)c1. The molecule has 314 valence electrons. The molecule has 8 rings (SSSR count). The third kappa shape index (κ3) is 8.74. The van der Waals surface area contributed by atoms with Gasteiger partial charge in [-0.3, -0.25) is 14.1 Å². The maximum absolute atomic E-state index is 13.4. The van der Waals surface area contributed by atoms with Crippen LogP contribution >= 0.6 is 0 Å². The first-order valence-electron chi connectivity index (χ1n) is 19.6. The summed E-state index contributed by atoms with van der Waals surface area (Å²) in [5, 5.41) is 4.41. The average Bonchev–Trinajstić information content (AvgIpc) is 3.68. The number of imidazole rings is 1. The summed E-state index contributed by atoms with van der Waals surface area (Å²) in [5.41, 5.74) is 8.06. The molecule has 0 saturated carbocycles. The van der Waals surface area contributed by atoms with Crippen molar-refractivity contribution in [2.45, 2.75) is 26.9 Å². The van der Waals surface area contributed by atoms with Crippen LogP contribution in [-0.2, 0) is 11.0 Å². The summed E-state index contributed by atoms with van der Waals surface area (Å²) in [6, 6.07) is 40.7. The summed E-state index contributed by atoms with van der Waals surface area (Å²) in [6.45, 7) is 6.68. The molecular weight excluding hydrogens is 796 g/mol. The number of amides is 1. The predicted octanol–water partition coefficient (Wildman–Crippen LogP) is 9.34. The molecule has 2 heterocycles. The van der Waals surface area contributed by atoms with E-state index in [1.165, 1.54) is 11.0 Å². The van der Waals surface area contributed by atoms with Crippen molar-refractivity contribution >= 4 is 57.0 Å². The minimum absolute atomic E-state index is 0.282. The Bertz CT molecular complexity index is 2950. The van der Waals surface area contributed by atoms with Gasteiger partial charge in [-0.1, -0.05) is 66.7 Å². The monoisotopic (exact) mass is 837 g/mol. The van der Waals surface area contributed by atoms with Crippen molar-refractivity contribution in [3.63, 3.8) is 0 Å². The molecule has 0 atom stereocenters. The molecule has 0 aliphatic heterocycles. The van der Waals surface area contributed by atoms with E-state index >= 15 is 0 Å². The summed E-state index contributed by atoms with van der Waals surface area (Å²) in [7, 11) is 0. The molecule has 8 aromatic rings. The Balaban J connectivity index is 0.000000187. The predicted molar refractivity (Wildman–Crippen MR) is 238 cm³/mol. The number of nitrogens with zero attached hydrogens (tertiary/aromatic N) is 6. The smallest absolute Gasteiger partial charge is 0.416 e. The Kier molecular flexibility index (Phi) is 12.7. The number of nitrogens with two attached hydrogens (primary N) is 2. The lowest BCUT2D eigenvalue weighted by Gasteiger charge is -2.23. The van der Waals surface area contributed by atoms with Gasteiger partial charge in [0.2, 0.25) is 6.41 Å².